The van der Waals surface area contributed by atoms with Gasteiger partial charge in [-0.15, -0.1) is 0 Å². The number of fused-ring (bicyclic) bond motifs is 1. The molecule has 2 aliphatic heterocycles. The number of alkyl halides is 3. The fourth-order valence-electron chi connectivity index (χ4n) is 3.59. The number of halogens is 3. The average Bonchev–Trinajstić information content (AvgIpc) is 2.97. The highest BCUT2D eigenvalue weighted by Gasteiger charge is 2.52. The molecule has 2 saturated heterocycles. The smallest absolute Gasteiger partial charge is 0.434 e. The van der Waals surface area contributed by atoms with Crippen LogP contribution in [-0.4, -0.2) is 71.4 Å². The fourth-order valence-corrected chi connectivity index (χ4v) is 3.59. The van der Waals surface area contributed by atoms with Crippen LogP contribution in [0.15, 0.2) is 12.4 Å². The Hall–Kier alpha value is -2.02. The van der Waals surface area contributed by atoms with Gasteiger partial charge in [-0.05, 0) is 34.6 Å². The zero-order valence-corrected chi connectivity index (χ0v) is 18.7. The highest BCUT2D eigenvalue weighted by Crippen LogP contribution is 2.36. The molecule has 1 aromatic rings. The maximum absolute atomic E-state index is 12.9. The number of aromatic nitrogens is 2. The lowest BCUT2D eigenvalue weighted by Gasteiger charge is -2.37. The molecule has 2 N–H and O–H groups in total. The number of carbonyl (C=O) groups is 1. The third-order valence-electron chi connectivity index (χ3n) is 4.71. The molecule has 0 radical (unpaired) electrons. The highest BCUT2D eigenvalue weighted by atomic mass is 19.4. The molecule has 12 heteroatoms. The lowest BCUT2D eigenvalue weighted by Crippen LogP contribution is -2.57. The molecule has 0 bridgehead atoms. The van der Waals surface area contributed by atoms with E-state index in [1.165, 1.54) is 6.20 Å². The van der Waals surface area contributed by atoms with Crippen LogP contribution in [0.25, 0.3) is 0 Å². The van der Waals surface area contributed by atoms with E-state index >= 15 is 0 Å². The van der Waals surface area contributed by atoms with Gasteiger partial charge in [-0.3, -0.25) is 9.78 Å². The summed E-state index contributed by atoms with van der Waals surface area (Å²) in [5.74, 6) is -1.34. The number of ether oxygens (including phenoxy) is 4. The topological polar surface area (TPSA) is 104 Å². The molecule has 4 atom stereocenters. The van der Waals surface area contributed by atoms with Crippen LogP contribution in [0.3, 0.4) is 0 Å². The van der Waals surface area contributed by atoms with E-state index in [1.807, 2.05) is 0 Å². The van der Waals surface area contributed by atoms with Crippen molar-refractivity contribution in [1.82, 2.24) is 15.3 Å². The van der Waals surface area contributed by atoms with Crippen molar-refractivity contribution in [2.24, 2.45) is 0 Å². The summed E-state index contributed by atoms with van der Waals surface area (Å²) in [6, 6.07) is -0.512. The van der Waals surface area contributed by atoms with E-state index in [4.69, 9.17) is 18.9 Å². The third-order valence-corrected chi connectivity index (χ3v) is 4.71. The first-order chi connectivity index (χ1) is 14.7. The molecular formula is C20H29F3N4O5. The Morgan fingerprint density at radius 3 is 2.56 bits per heavy atom. The summed E-state index contributed by atoms with van der Waals surface area (Å²) in [6.07, 6.45) is -4.19. The molecule has 2 aliphatic rings. The standard InChI is InChI=1S/C20H29F3N4O5/c1-18(2,3)30-15(28)9-24-6-12-17-16(31-19(4,5)32-17)11(10-29-12)26-14-8-25-7-13(27-14)20(21,22)23/h7-8,11-12,16-17,24H,6,9-10H2,1-5H3,(H,26,27)/t11-,12+,16+,17-/m0/s1. The Morgan fingerprint density at radius 2 is 1.91 bits per heavy atom. The first-order valence-electron chi connectivity index (χ1n) is 10.3. The van der Waals surface area contributed by atoms with Gasteiger partial charge in [0.15, 0.2) is 11.5 Å². The van der Waals surface area contributed by atoms with Crippen LogP contribution in [0.4, 0.5) is 19.0 Å². The Kier molecular flexibility index (Phi) is 6.99. The summed E-state index contributed by atoms with van der Waals surface area (Å²) in [5, 5.41) is 5.93. The van der Waals surface area contributed by atoms with Crippen LogP contribution < -0.4 is 10.6 Å². The zero-order chi connectivity index (χ0) is 23.7. The number of nitrogens with one attached hydrogen (secondary N) is 2. The minimum absolute atomic E-state index is 0.000267. The van der Waals surface area contributed by atoms with Crippen molar-refractivity contribution in [3.05, 3.63) is 18.1 Å². The van der Waals surface area contributed by atoms with Gasteiger partial charge in [-0.2, -0.15) is 13.2 Å². The van der Waals surface area contributed by atoms with Crippen LogP contribution >= 0.6 is 0 Å². The molecule has 32 heavy (non-hydrogen) atoms. The van der Waals surface area contributed by atoms with E-state index in [-0.39, 0.29) is 19.0 Å². The third kappa shape index (κ3) is 6.50. The second kappa shape index (κ2) is 9.08. The predicted molar refractivity (Wildman–Crippen MR) is 107 cm³/mol. The van der Waals surface area contributed by atoms with Crippen molar-refractivity contribution >= 4 is 11.8 Å². The second-order valence-electron chi connectivity index (χ2n) is 9.19. The SMILES string of the molecule is CC(C)(C)OC(=O)CNC[C@H]1OC[C@H](Nc2cncc(C(F)(F)F)n2)[C@H]2OC(C)(C)O[C@H]21. The van der Waals surface area contributed by atoms with Crippen LogP contribution in [0.2, 0.25) is 0 Å². The van der Waals surface area contributed by atoms with Gasteiger partial charge in [0.2, 0.25) is 0 Å². The summed E-state index contributed by atoms with van der Waals surface area (Å²) in [5.41, 5.74) is -1.67. The van der Waals surface area contributed by atoms with Crippen molar-refractivity contribution in [3.63, 3.8) is 0 Å². The molecule has 1 aromatic heterocycles. The number of anilines is 1. The summed E-state index contributed by atoms with van der Waals surface area (Å²) in [7, 11) is 0. The number of hydrogen-bond donors (Lipinski definition) is 2. The van der Waals surface area contributed by atoms with Gasteiger partial charge >= 0.3 is 12.1 Å². The minimum Gasteiger partial charge on any atom is -0.459 e. The lowest BCUT2D eigenvalue weighted by molar-refractivity contribution is -0.156. The molecule has 0 unspecified atom stereocenters. The molecule has 0 spiro atoms. The lowest BCUT2D eigenvalue weighted by atomic mass is 9.98. The average molecular weight is 462 g/mol. The van der Waals surface area contributed by atoms with Crippen molar-refractivity contribution in [2.75, 3.05) is 25.0 Å². The zero-order valence-electron chi connectivity index (χ0n) is 18.7. The van der Waals surface area contributed by atoms with E-state index in [9.17, 15) is 18.0 Å². The Bertz CT molecular complexity index is 815. The number of hydrogen-bond acceptors (Lipinski definition) is 9. The molecule has 0 aromatic carbocycles. The first kappa shape index (κ1) is 24.6. The van der Waals surface area contributed by atoms with Crippen LogP contribution in [0.5, 0.6) is 0 Å². The second-order valence-corrected chi connectivity index (χ2v) is 9.19. The fraction of sp³-hybridized carbons (Fsp3) is 0.750. The van der Waals surface area contributed by atoms with Gasteiger partial charge in [-0.25, -0.2) is 4.98 Å². The van der Waals surface area contributed by atoms with Gasteiger partial charge in [-0.1, -0.05) is 0 Å². The predicted octanol–water partition coefficient (Wildman–Crippen LogP) is 2.13. The van der Waals surface area contributed by atoms with Crippen molar-refractivity contribution in [1.29, 1.82) is 0 Å². The minimum atomic E-state index is -4.60. The summed E-state index contributed by atoms with van der Waals surface area (Å²) >= 11 is 0. The number of nitrogens with zero attached hydrogens (tertiary/aromatic N) is 2. The number of esters is 1. The molecule has 0 saturated carbocycles. The summed E-state index contributed by atoms with van der Waals surface area (Å²) in [4.78, 5) is 19.1. The normalized spacial score (nSPS) is 27.6. The van der Waals surface area contributed by atoms with Gasteiger partial charge < -0.3 is 29.6 Å². The molecule has 3 heterocycles. The van der Waals surface area contributed by atoms with Gasteiger partial charge in [0, 0.05) is 6.54 Å². The van der Waals surface area contributed by atoms with E-state index in [2.05, 4.69) is 20.6 Å². The quantitative estimate of drug-likeness (QED) is 0.615. The summed E-state index contributed by atoms with van der Waals surface area (Å²) in [6.45, 7) is 9.29. The van der Waals surface area contributed by atoms with Crippen molar-refractivity contribution in [3.8, 4) is 0 Å². The van der Waals surface area contributed by atoms with Crippen LogP contribution in [-0.2, 0) is 29.9 Å². The maximum atomic E-state index is 12.9. The van der Waals surface area contributed by atoms with Crippen molar-refractivity contribution < 1.29 is 36.9 Å². The molecule has 3 rings (SSSR count). The van der Waals surface area contributed by atoms with E-state index in [1.54, 1.807) is 34.6 Å². The van der Waals surface area contributed by atoms with Crippen LogP contribution in [0.1, 0.15) is 40.3 Å². The van der Waals surface area contributed by atoms with E-state index < -0.39 is 53.6 Å². The Labute approximate surface area is 184 Å². The Morgan fingerprint density at radius 1 is 1.22 bits per heavy atom. The van der Waals surface area contributed by atoms with Gasteiger partial charge in [0.1, 0.15) is 23.6 Å². The van der Waals surface area contributed by atoms with E-state index in [0.717, 1.165) is 0 Å². The number of rotatable bonds is 6. The Balaban J connectivity index is 1.63. The molecule has 9 nitrogen and oxygen atoms in total. The van der Waals surface area contributed by atoms with Crippen LogP contribution in [0, 0.1) is 0 Å². The van der Waals surface area contributed by atoms with Gasteiger partial charge in [0.25, 0.3) is 0 Å². The van der Waals surface area contributed by atoms with Crippen molar-refractivity contribution in [2.45, 2.75) is 76.5 Å². The molecule has 2 fully saturated rings. The molecule has 0 aliphatic carbocycles. The largest absolute Gasteiger partial charge is 0.459 e. The monoisotopic (exact) mass is 462 g/mol. The first-order valence-corrected chi connectivity index (χ1v) is 10.3. The molecular weight excluding hydrogens is 433 g/mol. The molecule has 180 valence electrons. The molecule has 0 amide bonds. The summed E-state index contributed by atoms with van der Waals surface area (Å²) < 4.78 is 62.0. The van der Waals surface area contributed by atoms with Gasteiger partial charge in [0.05, 0.1) is 37.7 Å². The maximum Gasteiger partial charge on any atom is 0.434 e. The highest BCUT2D eigenvalue weighted by molar-refractivity contribution is 5.72. The number of carbonyl (C=O) groups excluding carboxylic acids is 1. The van der Waals surface area contributed by atoms with E-state index in [0.29, 0.717) is 12.7 Å².